The second kappa shape index (κ2) is 9.27. The Labute approximate surface area is 149 Å². The van der Waals surface area contributed by atoms with Crippen molar-refractivity contribution in [1.82, 2.24) is 5.32 Å². The average molecular weight is 395 g/mol. The minimum atomic E-state index is -0.658. The van der Waals surface area contributed by atoms with Gasteiger partial charge in [-0.2, -0.15) is 0 Å². The van der Waals surface area contributed by atoms with Gasteiger partial charge in [-0.25, -0.2) is 4.39 Å². The molecule has 1 atom stereocenters. The number of ether oxygens (including phenoxy) is 1. The molecule has 0 aliphatic carbocycles. The number of carbonyl (C=O) groups is 1. The summed E-state index contributed by atoms with van der Waals surface area (Å²) in [5.74, 6) is -0.132. The van der Waals surface area contributed by atoms with Gasteiger partial charge in [-0.1, -0.05) is 18.2 Å². The van der Waals surface area contributed by atoms with Gasteiger partial charge in [0.25, 0.3) is 5.91 Å². The molecule has 0 saturated carbocycles. The summed E-state index contributed by atoms with van der Waals surface area (Å²) in [7, 11) is 0. The zero-order valence-corrected chi connectivity index (χ0v) is 15.0. The third-order valence-electron chi connectivity index (χ3n) is 3.32. The largest absolute Gasteiger partial charge is 0.480 e. The maximum absolute atomic E-state index is 13.0. The van der Waals surface area contributed by atoms with Gasteiger partial charge >= 0.3 is 0 Å². The molecule has 6 heteroatoms. The number of anilines is 1. The lowest BCUT2D eigenvalue weighted by molar-refractivity contribution is -0.127. The lowest BCUT2D eigenvalue weighted by Crippen LogP contribution is -2.37. The third kappa shape index (κ3) is 5.85. The lowest BCUT2D eigenvalue weighted by atomic mass is 10.3. The fourth-order valence-corrected chi connectivity index (χ4v) is 2.49. The molecule has 0 heterocycles. The molecule has 0 aliphatic heterocycles. The van der Waals surface area contributed by atoms with Crippen LogP contribution < -0.4 is 15.4 Å². The first kappa shape index (κ1) is 18.3. The Morgan fingerprint density at radius 3 is 2.67 bits per heavy atom. The zero-order valence-electron chi connectivity index (χ0n) is 13.4. The number of carbonyl (C=O) groups excluding carboxylic acids is 1. The molecule has 0 radical (unpaired) electrons. The number of nitrogens with one attached hydrogen (secondary N) is 2. The molecule has 0 fully saturated rings. The standard InChI is InChI=1S/C18H20BrFN2O2/c1-13(24-17-9-8-14(20)12-16(17)19)18(23)22-11-5-10-21-15-6-3-2-4-7-15/h2-4,6-9,12-13,21H,5,10-11H2,1H3,(H,22,23). The molecule has 0 aliphatic rings. The Bertz CT molecular complexity index is 667. The van der Waals surface area contributed by atoms with Crippen LogP contribution in [0, 0.1) is 5.82 Å². The van der Waals surface area contributed by atoms with E-state index >= 15 is 0 Å². The number of amides is 1. The van der Waals surface area contributed by atoms with Gasteiger partial charge in [0, 0.05) is 18.8 Å². The molecule has 2 aromatic carbocycles. The first-order valence-corrected chi connectivity index (χ1v) is 8.54. The molecule has 0 aromatic heterocycles. The summed E-state index contributed by atoms with van der Waals surface area (Å²) in [6.07, 6.45) is 0.141. The van der Waals surface area contributed by atoms with Gasteiger partial charge in [-0.3, -0.25) is 4.79 Å². The van der Waals surface area contributed by atoms with Crippen molar-refractivity contribution < 1.29 is 13.9 Å². The summed E-state index contributed by atoms with van der Waals surface area (Å²) in [6, 6.07) is 14.0. The molecule has 24 heavy (non-hydrogen) atoms. The van der Waals surface area contributed by atoms with E-state index in [0.717, 1.165) is 18.7 Å². The smallest absolute Gasteiger partial charge is 0.260 e. The van der Waals surface area contributed by atoms with Gasteiger partial charge in [0.1, 0.15) is 11.6 Å². The Morgan fingerprint density at radius 2 is 1.96 bits per heavy atom. The van der Waals surface area contributed by atoms with Gasteiger partial charge in [0.2, 0.25) is 0 Å². The maximum Gasteiger partial charge on any atom is 0.260 e. The van der Waals surface area contributed by atoms with Crippen molar-refractivity contribution in [1.29, 1.82) is 0 Å². The van der Waals surface area contributed by atoms with Crippen molar-refractivity contribution in [3.8, 4) is 5.75 Å². The predicted octanol–water partition coefficient (Wildman–Crippen LogP) is 3.97. The average Bonchev–Trinajstić information content (AvgIpc) is 2.57. The first-order chi connectivity index (χ1) is 11.6. The van der Waals surface area contributed by atoms with Gasteiger partial charge < -0.3 is 15.4 Å². The Kier molecular flexibility index (Phi) is 7.06. The topological polar surface area (TPSA) is 50.4 Å². The number of hydrogen-bond acceptors (Lipinski definition) is 3. The van der Waals surface area contributed by atoms with Crippen LogP contribution in [-0.4, -0.2) is 25.1 Å². The van der Waals surface area contributed by atoms with Crippen molar-refractivity contribution in [2.45, 2.75) is 19.4 Å². The van der Waals surface area contributed by atoms with E-state index in [9.17, 15) is 9.18 Å². The van der Waals surface area contributed by atoms with E-state index < -0.39 is 6.10 Å². The fraction of sp³-hybridized carbons (Fsp3) is 0.278. The molecule has 1 amide bonds. The van der Waals surface area contributed by atoms with Gasteiger partial charge in [0.05, 0.1) is 4.47 Å². The van der Waals surface area contributed by atoms with E-state index in [1.807, 2.05) is 30.3 Å². The summed E-state index contributed by atoms with van der Waals surface area (Å²) in [5, 5.41) is 6.10. The minimum absolute atomic E-state index is 0.203. The Hall–Kier alpha value is -2.08. The lowest BCUT2D eigenvalue weighted by Gasteiger charge is -2.16. The molecule has 0 bridgehead atoms. The van der Waals surface area contributed by atoms with Crippen molar-refractivity contribution in [2.75, 3.05) is 18.4 Å². The van der Waals surface area contributed by atoms with Crippen LogP contribution in [0.2, 0.25) is 0 Å². The summed E-state index contributed by atoms with van der Waals surface area (Å²) >= 11 is 3.22. The van der Waals surface area contributed by atoms with Crippen LogP contribution in [0.4, 0.5) is 10.1 Å². The van der Waals surface area contributed by atoms with Crippen LogP contribution in [0.3, 0.4) is 0 Å². The van der Waals surface area contributed by atoms with Crippen molar-refractivity contribution >= 4 is 27.5 Å². The molecule has 0 spiro atoms. The highest BCUT2D eigenvalue weighted by atomic mass is 79.9. The number of hydrogen-bond donors (Lipinski definition) is 2. The highest BCUT2D eigenvalue weighted by Gasteiger charge is 2.15. The number of halogens is 2. The van der Waals surface area contributed by atoms with Gasteiger partial charge in [0.15, 0.2) is 6.10 Å². The highest BCUT2D eigenvalue weighted by Crippen LogP contribution is 2.26. The molecular formula is C18H20BrFN2O2. The highest BCUT2D eigenvalue weighted by molar-refractivity contribution is 9.10. The zero-order chi connectivity index (χ0) is 17.4. The third-order valence-corrected chi connectivity index (χ3v) is 3.94. The minimum Gasteiger partial charge on any atom is -0.480 e. The quantitative estimate of drug-likeness (QED) is 0.665. The second-order valence-electron chi connectivity index (χ2n) is 5.27. The van der Waals surface area contributed by atoms with E-state index in [1.165, 1.54) is 18.2 Å². The fourth-order valence-electron chi connectivity index (χ4n) is 2.05. The van der Waals surface area contributed by atoms with Crippen LogP contribution in [0.15, 0.2) is 53.0 Å². The normalized spacial score (nSPS) is 11.6. The maximum atomic E-state index is 13.0. The SMILES string of the molecule is CC(Oc1ccc(F)cc1Br)C(=O)NCCCNc1ccccc1. The number of benzene rings is 2. The monoisotopic (exact) mass is 394 g/mol. The molecule has 2 N–H and O–H groups in total. The number of para-hydroxylation sites is 1. The summed E-state index contributed by atoms with van der Waals surface area (Å²) in [4.78, 5) is 12.0. The molecule has 4 nitrogen and oxygen atoms in total. The van der Waals surface area contributed by atoms with E-state index in [0.29, 0.717) is 16.8 Å². The molecule has 128 valence electrons. The summed E-state index contributed by atoms with van der Waals surface area (Å²) in [5.41, 5.74) is 1.06. The van der Waals surface area contributed by atoms with Gasteiger partial charge in [-0.05, 0) is 59.6 Å². The van der Waals surface area contributed by atoms with Crippen LogP contribution >= 0.6 is 15.9 Å². The summed E-state index contributed by atoms with van der Waals surface area (Å²) in [6.45, 7) is 2.98. The summed E-state index contributed by atoms with van der Waals surface area (Å²) < 4.78 is 19.1. The van der Waals surface area contributed by atoms with Crippen LogP contribution in [0.1, 0.15) is 13.3 Å². The van der Waals surface area contributed by atoms with Gasteiger partial charge in [-0.15, -0.1) is 0 Å². The van der Waals surface area contributed by atoms with Crippen LogP contribution in [-0.2, 0) is 4.79 Å². The van der Waals surface area contributed by atoms with E-state index in [1.54, 1.807) is 6.92 Å². The van der Waals surface area contributed by atoms with Crippen molar-refractivity contribution in [2.24, 2.45) is 0 Å². The van der Waals surface area contributed by atoms with Crippen molar-refractivity contribution in [3.05, 3.63) is 58.8 Å². The first-order valence-electron chi connectivity index (χ1n) is 7.74. The van der Waals surface area contributed by atoms with Crippen molar-refractivity contribution in [3.63, 3.8) is 0 Å². The van der Waals surface area contributed by atoms with E-state index in [-0.39, 0.29) is 11.7 Å². The molecule has 1 unspecified atom stereocenters. The van der Waals surface area contributed by atoms with Crippen LogP contribution in [0.25, 0.3) is 0 Å². The van der Waals surface area contributed by atoms with E-state index in [4.69, 9.17) is 4.74 Å². The number of rotatable bonds is 8. The Balaban J connectivity index is 1.68. The predicted molar refractivity (Wildman–Crippen MR) is 96.7 cm³/mol. The van der Waals surface area contributed by atoms with E-state index in [2.05, 4.69) is 26.6 Å². The molecular weight excluding hydrogens is 375 g/mol. The van der Waals surface area contributed by atoms with Crippen LogP contribution in [0.5, 0.6) is 5.75 Å². The Morgan fingerprint density at radius 1 is 1.21 bits per heavy atom. The molecule has 2 rings (SSSR count). The second-order valence-corrected chi connectivity index (χ2v) is 6.13. The molecule has 2 aromatic rings. The molecule has 0 saturated heterocycles.